The third-order valence-corrected chi connectivity index (χ3v) is 4.80. The van der Waals surface area contributed by atoms with Crippen molar-refractivity contribution in [2.24, 2.45) is 5.73 Å². The summed E-state index contributed by atoms with van der Waals surface area (Å²) in [5, 5.41) is 0. The molecule has 0 fully saturated rings. The molecule has 1 aromatic rings. The van der Waals surface area contributed by atoms with E-state index in [1.54, 1.807) is 0 Å². The molecule has 7 nitrogen and oxygen atoms in total. The Hall–Kier alpha value is -2.54. The second-order valence-electron chi connectivity index (χ2n) is 6.71. The normalized spacial score (nSPS) is 11.5. The van der Waals surface area contributed by atoms with Crippen LogP contribution >= 0.6 is 0 Å². The third-order valence-electron chi connectivity index (χ3n) is 4.80. The standard InChI is InChI=1S/C19H25N5O2/c1-4-5-6-8-24-18(25)16-17(22-19(24)26)23(9-7-20)15-11-13(3)12(2)10-14(15)21-16/h10-11H,4-9,20H2,1-3H3. The first-order chi connectivity index (χ1) is 12.5. The lowest BCUT2D eigenvalue weighted by atomic mass is 10.1. The Morgan fingerprint density at radius 3 is 2.42 bits per heavy atom. The van der Waals surface area contributed by atoms with Crippen LogP contribution in [0.25, 0.3) is 22.6 Å². The van der Waals surface area contributed by atoms with Crippen LogP contribution < -0.4 is 17.0 Å². The SMILES string of the molecule is CCCCCn1c(=O)nc2n(CCN)c3cc(C)c(C)cc3nc-2c1=O. The third kappa shape index (κ3) is 3.14. The van der Waals surface area contributed by atoms with Crippen molar-refractivity contribution >= 4 is 11.0 Å². The van der Waals surface area contributed by atoms with Gasteiger partial charge in [0.05, 0.1) is 11.0 Å². The van der Waals surface area contributed by atoms with E-state index in [-0.39, 0.29) is 11.3 Å². The van der Waals surface area contributed by atoms with Crippen molar-refractivity contribution in [3.8, 4) is 11.5 Å². The number of benzene rings is 1. The molecular formula is C19H25N5O2. The lowest BCUT2D eigenvalue weighted by Crippen LogP contribution is -2.39. The molecule has 0 saturated heterocycles. The van der Waals surface area contributed by atoms with Crippen LogP contribution in [0.15, 0.2) is 21.7 Å². The van der Waals surface area contributed by atoms with Gasteiger partial charge < -0.3 is 10.3 Å². The van der Waals surface area contributed by atoms with Gasteiger partial charge in [-0.05, 0) is 43.5 Å². The van der Waals surface area contributed by atoms with Gasteiger partial charge in [0.15, 0.2) is 11.5 Å². The Balaban J connectivity index is 2.33. The number of fused-ring (bicyclic) bond motifs is 2. The fourth-order valence-electron chi connectivity index (χ4n) is 3.20. The number of aryl methyl sites for hydroxylation is 2. The summed E-state index contributed by atoms with van der Waals surface area (Å²) in [4.78, 5) is 34.1. The summed E-state index contributed by atoms with van der Waals surface area (Å²) in [5.74, 6) is 0.313. The van der Waals surface area contributed by atoms with Gasteiger partial charge in [-0.1, -0.05) is 19.8 Å². The zero-order valence-electron chi connectivity index (χ0n) is 15.6. The monoisotopic (exact) mass is 355 g/mol. The molecule has 138 valence electrons. The van der Waals surface area contributed by atoms with Gasteiger partial charge in [0.25, 0.3) is 5.56 Å². The van der Waals surface area contributed by atoms with Gasteiger partial charge in [0.2, 0.25) is 0 Å². The molecule has 0 amide bonds. The first-order valence-electron chi connectivity index (χ1n) is 9.10. The number of nitrogens with zero attached hydrogens (tertiary/aromatic N) is 4. The van der Waals surface area contributed by atoms with E-state index in [0.29, 0.717) is 31.0 Å². The molecule has 2 aliphatic heterocycles. The summed E-state index contributed by atoms with van der Waals surface area (Å²) in [6.45, 7) is 7.32. The van der Waals surface area contributed by atoms with Gasteiger partial charge in [0.1, 0.15) is 0 Å². The maximum absolute atomic E-state index is 12.9. The molecule has 26 heavy (non-hydrogen) atoms. The number of rotatable bonds is 6. The van der Waals surface area contributed by atoms with E-state index < -0.39 is 5.69 Å². The molecule has 0 radical (unpaired) electrons. The molecule has 0 saturated carbocycles. The second kappa shape index (κ2) is 7.37. The van der Waals surface area contributed by atoms with Crippen LogP contribution in [0.4, 0.5) is 0 Å². The Morgan fingerprint density at radius 2 is 1.73 bits per heavy atom. The maximum Gasteiger partial charge on any atom is 0.352 e. The van der Waals surface area contributed by atoms with Crippen molar-refractivity contribution in [2.75, 3.05) is 6.54 Å². The molecule has 7 heteroatoms. The molecular weight excluding hydrogens is 330 g/mol. The number of nitrogens with two attached hydrogens (primary N) is 1. The van der Waals surface area contributed by atoms with E-state index in [0.717, 1.165) is 35.9 Å². The number of hydrogen-bond donors (Lipinski definition) is 1. The Kier molecular flexibility index (Phi) is 5.18. The van der Waals surface area contributed by atoms with Crippen molar-refractivity contribution in [1.82, 2.24) is 19.1 Å². The molecule has 0 spiro atoms. The first-order valence-corrected chi connectivity index (χ1v) is 9.10. The van der Waals surface area contributed by atoms with Gasteiger partial charge in [0, 0.05) is 19.6 Å². The average Bonchev–Trinajstić information content (AvgIpc) is 2.60. The highest BCUT2D eigenvalue weighted by Gasteiger charge is 2.21. The minimum Gasteiger partial charge on any atom is -0.329 e. The van der Waals surface area contributed by atoms with E-state index in [9.17, 15) is 9.59 Å². The molecule has 2 aliphatic rings. The molecule has 0 bridgehead atoms. The van der Waals surface area contributed by atoms with Crippen LogP contribution in [0, 0.1) is 13.8 Å². The summed E-state index contributed by atoms with van der Waals surface area (Å²) in [6.07, 6.45) is 2.75. The molecule has 0 unspecified atom stereocenters. The number of aromatic nitrogens is 4. The summed E-state index contributed by atoms with van der Waals surface area (Å²) < 4.78 is 3.04. The van der Waals surface area contributed by atoms with E-state index in [2.05, 4.69) is 16.9 Å². The van der Waals surface area contributed by atoms with E-state index in [4.69, 9.17) is 5.73 Å². The van der Waals surface area contributed by atoms with E-state index >= 15 is 0 Å². The number of unbranched alkanes of at least 4 members (excludes halogenated alkanes) is 2. The Bertz CT molecular complexity index is 1030. The molecule has 3 rings (SSSR count). The Labute approximate surface area is 151 Å². The zero-order valence-corrected chi connectivity index (χ0v) is 15.6. The predicted molar refractivity (Wildman–Crippen MR) is 103 cm³/mol. The summed E-state index contributed by atoms with van der Waals surface area (Å²) in [5.41, 5.74) is 8.86. The second-order valence-corrected chi connectivity index (χ2v) is 6.71. The smallest absolute Gasteiger partial charge is 0.329 e. The molecule has 2 heterocycles. The van der Waals surface area contributed by atoms with Crippen LogP contribution in [0.1, 0.15) is 37.3 Å². The van der Waals surface area contributed by atoms with Crippen LogP contribution in [-0.4, -0.2) is 25.6 Å². The summed E-state index contributed by atoms with van der Waals surface area (Å²) in [7, 11) is 0. The summed E-state index contributed by atoms with van der Waals surface area (Å²) >= 11 is 0. The quantitative estimate of drug-likeness (QED) is 0.537. The van der Waals surface area contributed by atoms with Gasteiger partial charge in [-0.25, -0.2) is 9.78 Å². The van der Waals surface area contributed by atoms with Gasteiger partial charge in [-0.3, -0.25) is 9.36 Å². The van der Waals surface area contributed by atoms with Crippen molar-refractivity contribution in [3.63, 3.8) is 0 Å². The minimum absolute atomic E-state index is 0.227. The fourth-order valence-corrected chi connectivity index (χ4v) is 3.20. The van der Waals surface area contributed by atoms with E-state index in [1.807, 2.05) is 30.5 Å². The molecule has 1 aromatic carbocycles. The van der Waals surface area contributed by atoms with Crippen molar-refractivity contribution in [1.29, 1.82) is 0 Å². The highest BCUT2D eigenvalue weighted by Crippen LogP contribution is 2.23. The maximum atomic E-state index is 12.9. The minimum atomic E-state index is -0.519. The van der Waals surface area contributed by atoms with Crippen molar-refractivity contribution < 1.29 is 0 Å². The lowest BCUT2D eigenvalue weighted by molar-refractivity contribution is 0.558. The average molecular weight is 355 g/mol. The molecule has 0 aromatic heterocycles. The van der Waals surface area contributed by atoms with Crippen LogP contribution in [0.5, 0.6) is 0 Å². The highest BCUT2D eigenvalue weighted by atomic mass is 16.2. The molecule has 0 aliphatic carbocycles. The number of hydrogen-bond acceptors (Lipinski definition) is 5. The van der Waals surface area contributed by atoms with Crippen LogP contribution in [-0.2, 0) is 13.1 Å². The largest absolute Gasteiger partial charge is 0.352 e. The lowest BCUT2D eigenvalue weighted by Gasteiger charge is -2.18. The molecule has 2 N–H and O–H groups in total. The Morgan fingerprint density at radius 1 is 1.00 bits per heavy atom. The molecule has 0 atom stereocenters. The topological polar surface area (TPSA) is 95.8 Å². The van der Waals surface area contributed by atoms with Gasteiger partial charge >= 0.3 is 5.69 Å². The van der Waals surface area contributed by atoms with Gasteiger partial charge in [-0.2, -0.15) is 4.98 Å². The van der Waals surface area contributed by atoms with Crippen LogP contribution in [0.2, 0.25) is 0 Å². The van der Waals surface area contributed by atoms with Crippen LogP contribution in [0.3, 0.4) is 0 Å². The highest BCUT2D eigenvalue weighted by molar-refractivity contribution is 5.81. The fraction of sp³-hybridized carbons (Fsp3) is 0.474. The van der Waals surface area contributed by atoms with E-state index in [1.165, 1.54) is 4.57 Å². The zero-order chi connectivity index (χ0) is 18.8. The van der Waals surface area contributed by atoms with Gasteiger partial charge in [-0.15, -0.1) is 0 Å². The summed E-state index contributed by atoms with van der Waals surface area (Å²) in [6, 6.07) is 3.97. The van der Waals surface area contributed by atoms with Crippen molar-refractivity contribution in [2.45, 2.75) is 53.1 Å². The first kappa shape index (κ1) is 18.3. The predicted octanol–water partition coefficient (Wildman–Crippen LogP) is 1.82. The van der Waals surface area contributed by atoms with Crippen molar-refractivity contribution in [3.05, 3.63) is 44.1 Å².